The van der Waals surface area contributed by atoms with Crippen molar-refractivity contribution < 1.29 is 17.9 Å². The number of carbonyl (C=O) groups excluding carboxylic acids is 1. The maximum absolute atomic E-state index is 12.8. The van der Waals surface area contributed by atoms with Gasteiger partial charge in [-0.3, -0.25) is 4.68 Å². The van der Waals surface area contributed by atoms with Crippen molar-refractivity contribution in [2.24, 2.45) is 7.05 Å². The first kappa shape index (κ1) is 25.2. The third kappa shape index (κ3) is 5.58. The van der Waals surface area contributed by atoms with Gasteiger partial charge in [-0.25, -0.2) is 9.52 Å². The van der Waals surface area contributed by atoms with Crippen LogP contribution in [0.1, 0.15) is 70.2 Å². The molecule has 0 aliphatic carbocycles. The van der Waals surface area contributed by atoms with Gasteiger partial charge < -0.3 is 10.1 Å². The van der Waals surface area contributed by atoms with Crippen LogP contribution in [0.5, 0.6) is 0 Å². The van der Waals surface area contributed by atoms with Crippen molar-refractivity contribution >= 4 is 33.3 Å². The smallest absolute Gasteiger partial charge is 0.333 e. The van der Waals surface area contributed by atoms with Crippen molar-refractivity contribution in [2.45, 2.75) is 64.0 Å². The molecule has 0 spiro atoms. The van der Waals surface area contributed by atoms with Crippen LogP contribution in [0.4, 0.5) is 10.5 Å². The molecule has 31 heavy (non-hydrogen) atoms. The average Bonchev–Trinajstić information content (AvgIpc) is 3.05. The van der Waals surface area contributed by atoms with Crippen molar-refractivity contribution in [3.63, 3.8) is 0 Å². The fourth-order valence-corrected chi connectivity index (χ4v) is 4.39. The molecule has 0 aliphatic heterocycles. The summed E-state index contributed by atoms with van der Waals surface area (Å²) in [4.78, 5) is 12.7. The molecule has 0 saturated heterocycles. The zero-order chi connectivity index (χ0) is 23.7. The lowest BCUT2D eigenvalue weighted by atomic mass is 9.92. The van der Waals surface area contributed by atoms with Gasteiger partial charge in [0.1, 0.15) is 5.60 Å². The lowest BCUT2D eigenvalue weighted by molar-refractivity contribution is 0.0123. The second kappa shape index (κ2) is 9.18. The number of halogens is 1. The quantitative estimate of drug-likeness (QED) is 0.609. The Labute approximate surface area is 189 Å². The second-order valence-electron chi connectivity index (χ2n) is 8.53. The Morgan fingerprint density at radius 1 is 1.13 bits per heavy atom. The van der Waals surface area contributed by atoms with Crippen molar-refractivity contribution in [2.75, 3.05) is 12.4 Å². The Morgan fingerprint density at radius 3 is 2.10 bits per heavy atom. The third-order valence-electron chi connectivity index (χ3n) is 5.13. The van der Waals surface area contributed by atoms with Gasteiger partial charge in [0.2, 0.25) is 0 Å². The Morgan fingerprint density at radius 2 is 1.65 bits per heavy atom. The van der Waals surface area contributed by atoms with Gasteiger partial charge in [-0.15, -0.1) is 0 Å². The number of aromatic nitrogens is 2. The molecule has 0 saturated carbocycles. The zero-order valence-corrected chi connectivity index (χ0v) is 20.8. The Balaban J connectivity index is 2.36. The van der Waals surface area contributed by atoms with Crippen molar-refractivity contribution in [3.8, 4) is 0 Å². The van der Waals surface area contributed by atoms with E-state index in [0.717, 1.165) is 11.1 Å². The summed E-state index contributed by atoms with van der Waals surface area (Å²) in [5.41, 5.74) is 2.01. The molecule has 0 atom stereocenters. The molecule has 1 aromatic carbocycles. The maximum Gasteiger partial charge on any atom is 0.333 e. The molecular weight excluding hydrogens is 440 g/mol. The summed E-state index contributed by atoms with van der Waals surface area (Å²) in [5.74, 6) is 0.135. The van der Waals surface area contributed by atoms with Gasteiger partial charge in [-0.05, 0) is 48.9 Å². The van der Waals surface area contributed by atoms with Gasteiger partial charge in [0.25, 0.3) is 10.0 Å². The van der Waals surface area contributed by atoms with Crippen LogP contribution in [0.2, 0.25) is 5.02 Å². The van der Waals surface area contributed by atoms with Crippen LogP contribution >= 0.6 is 11.6 Å². The number of benzene rings is 1. The molecule has 8 nitrogen and oxygen atoms in total. The van der Waals surface area contributed by atoms with E-state index in [0.29, 0.717) is 16.4 Å². The first-order chi connectivity index (χ1) is 14.2. The van der Waals surface area contributed by atoms with E-state index >= 15 is 0 Å². The maximum atomic E-state index is 12.8. The van der Waals surface area contributed by atoms with Crippen LogP contribution in [0.25, 0.3) is 0 Å². The summed E-state index contributed by atoms with van der Waals surface area (Å²) in [6, 6.07) is 4.07. The highest BCUT2D eigenvalue weighted by atomic mass is 35.5. The molecule has 0 unspecified atom stereocenters. The van der Waals surface area contributed by atoms with Crippen molar-refractivity contribution in [1.29, 1.82) is 0 Å². The minimum atomic E-state index is -4.20. The normalized spacial score (nSPS) is 12.5. The fourth-order valence-electron chi connectivity index (χ4n) is 3.26. The molecule has 2 N–H and O–H groups in total. The number of rotatable bonds is 7. The molecule has 0 aliphatic rings. The van der Waals surface area contributed by atoms with Crippen LogP contribution < -0.4 is 10.0 Å². The molecule has 172 valence electrons. The average molecular weight is 471 g/mol. The van der Waals surface area contributed by atoms with Crippen molar-refractivity contribution in [1.82, 2.24) is 14.5 Å². The molecule has 0 fully saturated rings. The first-order valence-corrected chi connectivity index (χ1v) is 11.8. The van der Waals surface area contributed by atoms with Gasteiger partial charge >= 0.3 is 6.03 Å². The van der Waals surface area contributed by atoms with Gasteiger partial charge in [-0.2, -0.15) is 13.5 Å². The number of ether oxygens (including phenoxy) is 1. The molecule has 2 rings (SSSR count). The number of urea groups is 1. The van der Waals surface area contributed by atoms with E-state index in [4.69, 9.17) is 16.3 Å². The number of nitrogens with one attached hydrogen (secondary N) is 2. The zero-order valence-electron chi connectivity index (χ0n) is 19.2. The lowest BCUT2D eigenvalue weighted by Gasteiger charge is -2.22. The number of sulfonamides is 1. The standard InChI is InChI=1S/C21H31ClN4O4S/c1-12(2)15-9-14(22)10-16(13(3)4)19(15)23-20(27)25-31(28,29)18-11-17(26(7)24-18)21(5,6)30-8/h9-13H,1-8H3,(H2,23,25,27). The lowest BCUT2D eigenvalue weighted by Crippen LogP contribution is -2.35. The van der Waals surface area contributed by atoms with Crippen LogP contribution in [0.3, 0.4) is 0 Å². The molecule has 1 heterocycles. The summed E-state index contributed by atoms with van der Waals surface area (Å²) in [6.45, 7) is 11.5. The molecule has 2 amide bonds. The minimum absolute atomic E-state index is 0.0673. The van der Waals surface area contributed by atoms with Gasteiger partial charge in [0.15, 0.2) is 5.03 Å². The van der Waals surface area contributed by atoms with E-state index in [1.165, 1.54) is 17.9 Å². The van der Waals surface area contributed by atoms with Crippen LogP contribution in [-0.2, 0) is 27.4 Å². The summed E-state index contributed by atoms with van der Waals surface area (Å²) < 4.78 is 34.5. The number of hydrogen-bond acceptors (Lipinski definition) is 5. The molecule has 10 heteroatoms. The summed E-state index contributed by atoms with van der Waals surface area (Å²) in [6.07, 6.45) is 0. The number of amides is 2. The van der Waals surface area contributed by atoms with Gasteiger partial charge in [-0.1, -0.05) is 39.3 Å². The van der Waals surface area contributed by atoms with E-state index in [1.54, 1.807) is 33.0 Å². The molecule has 1 aromatic heterocycles. The van der Waals surface area contributed by atoms with E-state index in [2.05, 4.69) is 15.1 Å². The second-order valence-corrected chi connectivity index (χ2v) is 10.6. The summed E-state index contributed by atoms with van der Waals surface area (Å²) in [7, 11) is -1.06. The SMILES string of the molecule is COC(C)(C)c1cc(S(=O)(=O)NC(=O)Nc2c(C(C)C)cc(Cl)cc2C(C)C)nn1C. The predicted octanol–water partition coefficient (Wildman–Crippen LogP) is 4.71. The van der Waals surface area contributed by atoms with Crippen LogP contribution in [0, 0.1) is 0 Å². The molecule has 0 bridgehead atoms. The largest absolute Gasteiger partial charge is 0.373 e. The van der Waals surface area contributed by atoms with E-state index in [1.807, 2.05) is 27.7 Å². The number of carbonyl (C=O) groups is 1. The fraction of sp³-hybridized carbons (Fsp3) is 0.524. The summed E-state index contributed by atoms with van der Waals surface area (Å²) >= 11 is 6.25. The monoisotopic (exact) mass is 470 g/mol. The number of anilines is 1. The van der Waals surface area contributed by atoms with E-state index < -0.39 is 21.7 Å². The highest BCUT2D eigenvalue weighted by Crippen LogP contribution is 2.35. The molecule has 0 radical (unpaired) electrons. The minimum Gasteiger partial charge on any atom is -0.373 e. The highest BCUT2D eigenvalue weighted by molar-refractivity contribution is 7.90. The first-order valence-electron chi connectivity index (χ1n) is 9.96. The van der Waals surface area contributed by atoms with Gasteiger partial charge in [0, 0.05) is 30.9 Å². The summed E-state index contributed by atoms with van der Waals surface area (Å²) in [5, 5.41) is 7.05. The third-order valence-corrected chi connectivity index (χ3v) is 6.56. The number of methoxy groups -OCH3 is 1. The van der Waals surface area contributed by atoms with Crippen molar-refractivity contribution in [3.05, 3.63) is 40.0 Å². The Kier molecular flexibility index (Phi) is 7.45. The highest BCUT2D eigenvalue weighted by Gasteiger charge is 2.29. The Hall–Kier alpha value is -2.10. The van der Waals surface area contributed by atoms with E-state index in [-0.39, 0.29) is 16.9 Å². The molecule has 2 aromatic rings. The number of nitrogens with zero attached hydrogens (tertiary/aromatic N) is 2. The van der Waals surface area contributed by atoms with Gasteiger partial charge in [0.05, 0.1) is 5.69 Å². The molecular formula is C21H31ClN4O4S. The van der Waals surface area contributed by atoms with E-state index in [9.17, 15) is 13.2 Å². The number of aryl methyl sites for hydroxylation is 1. The Bertz CT molecular complexity index is 1050. The predicted molar refractivity (Wildman–Crippen MR) is 122 cm³/mol. The van der Waals surface area contributed by atoms with Crippen LogP contribution in [-0.4, -0.2) is 31.3 Å². The van der Waals surface area contributed by atoms with Crippen LogP contribution in [0.15, 0.2) is 23.2 Å². The number of hydrogen-bond donors (Lipinski definition) is 2. The topological polar surface area (TPSA) is 102 Å².